The number of thiophene rings is 1. The Hall–Kier alpha value is -0.910. The van der Waals surface area contributed by atoms with Crippen LogP contribution in [0, 0.1) is 5.92 Å². The molecule has 1 saturated heterocycles. The van der Waals surface area contributed by atoms with E-state index in [4.69, 9.17) is 0 Å². The number of aliphatic hydroxyl groups excluding tert-OH is 1. The van der Waals surface area contributed by atoms with E-state index in [-0.39, 0.29) is 5.91 Å². The zero-order valence-corrected chi connectivity index (χ0v) is 14.8. The summed E-state index contributed by atoms with van der Waals surface area (Å²) in [5.41, 5.74) is 1.36. The van der Waals surface area contributed by atoms with Gasteiger partial charge in [-0.25, -0.2) is 0 Å². The number of amides is 1. The number of aryl methyl sites for hydroxylation is 2. The van der Waals surface area contributed by atoms with Crippen molar-refractivity contribution >= 4 is 17.2 Å². The average Bonchev–Trinajstić information content (AvgIpc) is 2.99. The number of aliphatic hydroxyl groups is 1. The van der Waals surface area contributed by atoms with Crippen LogP contribution in [-0.4, -0.2) is 48.2 Å². The largest absolute Gasteiger partial charge is 0.390 e. The first-order valence-corrected chi connectivity index (χ1v) is 9.73. The summed E-state index contributed by atoms with van der Waals surface area (Å²) in [7, 11) is 0. The number of fused-ring (bicyclic) bond motifs is 1. The number of rotatable bonds is 5. The van der Waals surface area contributed by atoms with Crippen LogP contribution in [0.3, 0.4) is 0 Å². The Kier molecular flexibility index (Phi) is 5.72. The van der Waals surface area contributed by atoms with Crippen molar-refractivity contribution in [1.82, 2.24) is 10.2 Å². The second kappa shape index (κ2) is 7.77. The molecular weight excluding hydrogens is 308 g/mol. The highest BCUT2D eigenvalue weighted by atomic mass is 32.1. The lowest BCUT2D eigenvalue weighted by Crippen LogP contribution is -2.42. The van der Waals surface area contributed by atoms with Gasteiger partial charge in [0.05, 0.1) is 11.0 Å². The lowest BCUT2D eigenvalue weighted by molar-refractivity contribution is 0.0797. The number of hydrogen-bond donors (Lipinski definition) is 2. The Bertz CT molecular complexity index is 512. The van der Waals surface area contributed by atoms with Crippen LogP contribution in [0.25, 0.3) is 0 Å². The molecule has 128 valence electrons. The number of piperidine rings is 1. The van der Waals surface area contributed by atoms with Gasteiger partial charge in [0.1, 0.15) is 0 Å². The maximum atomic E-state index is 12.3. The molecule has 1 aromatic rings. The molecule has 0 aromatic carbocycles. The normalized spacial score (nSPS) is 21.0. The van der Waals surface area contributed by atoms with Gasteiger partial charge in [-0.05, 0) is 69.2 Å². The van der Waals surface area contributed by atoms with Gasteiger partial charge in [0, 0.05) is 18.0 Å². The fourth-order valence-electron chi connectivity index (χ4n) is 3.51. The fourth-order valence-corrected chi connectivity index (χ4v) is 4.68. The van der Waals surface area contributed by atoms with Crippen LogP contribution in [0.4, 0.5) is 0 Å². The molecule has 2 N–H and O–H groups in total. The summed E-state index contributed by atoms with van der Waals surface area (Å²) in [6, 6.07) is 2.05. The molecule has 3 rings (SSSR count). The minimum Gasteiger partial charge on any atom is -0.390 e. The molecule has 1 amide bonds. The van der Waals surface area contributed by atoms with E-state index in [9.17, 15) is 9.90 Å². The Morgan fingerprint density at radius 1 is 1.39 bits per heavy atom. The van der Waals surface area contributed by atoms with Gasteiger partial charge in [0.15, 0.2) is 0 Å². The summed E-state index contributed by atoms with van der Waals surface area (Å²) in [6.45, 7) is 5.41. The number of carbonyl (C=O) groups is 1. The molecule has 0 radical (unpaired) electrons. The van der Waals surface area contributed by atoms with Crippen molar-refractivity contribution in [2.24, 2.45) is 5.92 Å². The molecule has 0 bridgehead atoms. The van der Waals surface area contributed by atoms with Gasteiger partial charge in [0.2, 0.25) is 0 Å². The summed E-state index contributed by atoms with van der Waals surface area (Å²) in [4.78, 5) is 16.8. The van der Waals surface area contributed by atoms with E-state index in [2.05, 4.69) is 17.1 Å². The smallest absolute Gasteiger partial charge is 0.261 e. The first-order valence-electron chi connectivity index (χ1n) is 8.92. The molecule has 23 heavy (non-hydrogen) atoms. The number of nitrogens with zero attached hydrogens (tertiary/aromatic N) is 1. The van der Waals surface area contributed by atoms with Gasteiger partial charge in [0.25, 0.3) is 5.91 Å². The van der Waals surface area contributed by atoms with E-state index in [1.807, 2.05) is 6.07 Å². The summed E-state index contributed by atoms with van der Waals surface area (Å²) in [5.74, 6) is 0.767. The lowest BCUT2D eigenvalue weighted by Gasteiger charge is -2.31. The molecule has 2 heterocycles. The molecule has 2 aliphatic rings. The van der Waals surface area contributed by atoms with Crippen LogP contribution in [0.2, 0.25) is 0 Å². The van der Waals surface area contributed by atoms with E-state index in [0.29, 0.717) is 13.1 Å². The van der Waals surface area contributed by atoms with Gasteiger partial charge in [-0.3, -0.25) is 4.79 Å². The SMILES string of the molecule is CC1CCN(CC(O)CNC(=O)c2cc3c(s2)CCCC3)CC1. The van der Waals surface area contributed by atoms with Crippen molar-refractivity contribution in [1.29, 1.82) is 0 Å². The summed E-state index contributed by atoms with van der Waals surface area (Å²) < 4.78 is 0. The molecule has 1 unspecified atom stereocenters. The van der Waals surface area contributed by atoms with Crippen molar-refractivity contribution in [2.75, 3.05) is 26.2 Å². The predicted molar refractivity (Wildman–Crippen MR) is 94.1 cm³/mol. The van der Waals surface area contributed by atoms with Crippen LogP contribution in [0.15, 0.2) is 6.07 Å². The number of β-amino-alcohol motifs (C(OH)–C–C–N with tert-alkyl or cyclic N) is 1. The first-order chi connectivity index (χ1) is 11.1. The third-order valence-electron chi connectivity index (χ3n) is 5.06. The van der Waals surface area contributed by atoms with E-state index in [0.717, 1.165) is 36.7 Å². The zero-order chi connectivity index (χ0) is 16.2. The standard InChI is InChI=1S/C18H28N2O2S/c1-13-6-8-20(9-7-13)12-15(21)11-19-18(22)17-10-14-4-2-3-5-16(14)23-17/h10,13,15,21H,2-9,11-12H2,1H3,(H,19,22). The second-order valence-electron chi connectivity index (χ2n) is 7.11. The topological polar surface area (TPSA) is 52.6 Å². The third-order valence-corrected chi connectivity index (χ3v) is 6.30. The lowest BCUT2D eigenvalue weighted by atomic mass is 9.99. The van der Waals surface area contributed by atoms with E-state index < -0.39 is 6.10 Å². The summed E-state index contributed by atoms with van der Waals surface area (Å²) in [5, 5.41) is 13.1. The van der Waals surface area contributed by atoms with Crippen molar-refractivity contribution in [2.45, 2.75) is 51.6 Å². The Labute approximate surface area is 142 Å². The summed E-state index contributed by atoms with van der Waals surface area (Å²) >= 11 is 1.63. The van der Waals surface area contributed by atoms with Crippen LogP contribution in [-0.2, 0) is 12.8 Å². The number of carbonyl (C=O) groups excluding carboxylic acids is 1. The van der Waals surface area contributed by atoms with Gasteiger partial charge in [-0.15, -0.1) is 11.3 Å². The molecule has 1 aliphatic heterocycles. The second-order valence-corrected chi connectivity index (χ2v) is 8.25. The highest BCUT2D eigenvalue weighted by Gasteiger charge is 2.20. The highest BCUT2D eigenvalue weighted by Crippen LogP contribution is 2.29. The van der Waals surface area contributed by atoms with Crippen molar-refractivity contribution in [3.63, 3.8) is 0 Å². The molecule has 1 fully saturated rings. The minimum atomic E-state index is -0.484. The number of nitrogens with one attached hydrogen (secondary N) is 1. The van der Waals surface area contributed by atoms with Crippen LogP contribution in [0.5, 0.6) is 0 Å². The van der Waals surface area contributed by atoms with E-state index >= 15 is 0 Å². The zero-order valence-electron chi connectivity index (χ0n) is 14.0. The highest BCUT2D eigenvalue weighted by molar-refractivity contribution is 7.14. The fraction of sp³-hybridized carbons (Fsp3) is 0.722. The Balaban J connectivity index is 1.44. The molecule has 4 nitrogen and oxygen atoms in total. The molecule has 5 heteroatoms. The molecular formula is C18H28N2O2S. The maximum absolute atomic E-state index is 12.3. The van der Waals surface area contributed by atoms with Crippen LogP contribution in [0.1, 0.15) is 52.7 Å². The van der Waals surface area contributed by atoms with Crippen LogP contribution >= 0.6 is 11.3 Å². The monoisotopic (exact) mass is 336 g/mol. The minimum absolute atomic E-state index is 0.0317. The maximum Gasteiger partial charge on any atom is 0.261 e. The number of likely N-dealkylation sites (tertiary alicyclic amines) is 1. The van der Waals surface area contributed by atoms with E-state index in [1.54, 1.807) is 11.3 Å². The van der Waals surface area contributed by atoms with Gasteiger partial charge >= 0.3 is 0 Å². The molecule has 1 aromatic heterocycles. The first kappa shape index (κ1) is 16.9. The third kappa shape index (κ3) is 4.55. The Morgan fingerprint density at radius 3 is 2.87 bits per heavy atom. The number of hydrogen-bond acceptors (Lipinski definition) is 4. The molecule has 0 saturated carbocycles. The quantitative estimate of drug-likeness (QED) is 0.868. The molecule has 1 atom stereocenters. The van der Waals surface area contributed by atoms with Crippen molar-refractivity contribution in [3.05, 3.63) is 21.4 Å². The molecule has 0 spiro atoms. The summed E-state index contributed by atoms with van der Waals surface area (Å²) in [6.07, 6.45) is 6.62. The van der Waals surface area contributed by atoms with Gasteiger partial charge in [-0.2, -0.15) is 0 Å². The van der Waals surface area contributed by atoms with Crippen LogP contribution < -0.4 is 5.32 Å². The van der Waals surface area contributed by atoms with E-state index in [1.165, 1.54) is 36.1 Å². The predicted octanol–water partition coefficient (Wildman–Crippen LogP) is 2.45. The van der Waals surface area contributed by atoms with Gasteiger partial charge in [-0.1, -0.05) is 6.92 Å². The van der Waals surface area contributed by atoms with Crippen molar-refractivity contribution in [3.8, 4) is 0 Å². The Morgan fingerprint density at radius 2 is 2.13 bits per heavy atom. The van der Waals surface area contributed by atoms with Crippen molar-refractivity contribution < 1.29 is 9.90 Å². The average molecular weight is 337 g/mol. The van der Waals surface area contributed by atoms with Gasteiger partial charge < -0.3 is 15.3 Å². The molecule has 1 aliphatic carbocycles.